The summed E-state index contributed by atoms with van der Waals surface area (Å²) in [7, 11) is 0. The highest BCUT2D eigenvalue weighted by Crippen LogP contribution is 2.37. The Morgan fingerprint density at radius 1 is 0.274 bits per heavy atom. The quantitative estimate of drug-likeness (QED) is 0.0427. The SMILES string of the molecule is CC(=O)N[C@@H]1[C@@H](O)[C@H](O[C@@H]2O[C@H](CO)[C@@H](O[C@@H]3O[C@H](CO[C@H]4O[C@H](CO[C@H]5O[C@H](CO)[C@@H](O)[C@H](O)[C@@H]5O)[C@@H](O)[C@H](O[C@H]5O[C@H](CO[C@H]6O[C@H](CO)[C@@H](O)[C@H](O)[C@@H]6O)[C@@H](O)[C@H](O)[C@@H]5O)[C@@H]4O)[C@@H](O)[C@H](O[C@H]4O[C@H](CO)[C@@H](O)[C@H](O)[C@@H]4O)[C@@H]3O)[C@H](O)[C@H]2NC(C)=O)[C@@H](CO)O[C@H]1O. The van der Waals surface area contributed by atoms with Crippen LogP contribution in [0.15, 0.2) is 0 Å². The summed E-state index contributed by atoms with van der Waals surface area (Å²) in [6, 6.07) is -3.43. The minimum Gasteiger partial charge on any atom is -0.394 e. The summed E-state index contributed by atoms with van der Waals surface area (Å²) in [5.74, 6) is -1.65. The van der Waals surface area contributed by atoms with Crippen LogP contribution >= 0.6 is 0 Å². The maximum absolute atomic E-state index is 12.8. The van der Waals surface area contributed by atoms with Crippen LogP contribution in [-0.4, -0.2) is 433 Å². The number of aliphatic hydroxyl groups is 24. The van der Waals surface area contributed by atoms with Crippen molar-refractivity contribution in [3.63, 3.8) is 0 Å². The highest BCUT2D eigenvalue weighted by atomic mass is 16.8. The van der Waals surface area contributed by atoms with Crippen LogP contribution in [0, 0.1) is 0 Å². The van der Waals surface area contributed by atoms with Crippen molar-refractivity contribution in [1.82, 2.24) is 10.6 Å². The van der Waals surface area contributed by atoms with Crippen molar-refractivity contribution in [1.29, 1.82) is 0 Å². The molecule has 0 radical (unpaired) electrons. The lowest BCUT2D eigenvalue weighted by atomic mass is 9.94. The second-order valence-corrected chi connectivity index (χ2v) is 24.0. The molecule has 2 amide bonds. The van der Waals surface area contributed by atoms with Crippen molar-refractivity contribution < 1.29 is 203 Å². The van der Waals surface area contributed by atoms with Crippen molar-refractivity contribution in [2.24, 2.45) is 0 Å². The summed E-state index contributed by atoms with van der Waals surface area (Å²) in [4.78, 5) is 24.7. The smallest absolute Gasteiger partial charge is 0.217 e. The number of aliphatic hydroxyl groups excluding tert-OH is 24. The Morgan fingerprint density at radius 2 is 0.537 bits per heavy atom. The minimum absolute atomic E-state index is 0.755. The molecular weight excluding hydrogens is 1310 g/mol. The standard InChI is InChI=1S/C52H88N2O41/c1-11(60)53-21-29(68)41(16(6-58)84-45(21)80)92-46-22(54-12(2)61)30(69)42(17(7-59)88-46)93-52-40(79)44(95-50-37(76)33(72)25(64)15(5-57)87-50)28(67)20(91-52)10-83-49-39(78)43(27(66)19(89-49)9-82-48-36(75)32(71)24(63)14(4-56)86-48)94-51-38(77)34(73)26(65)18(90-51)8-81-47-35(74)31(70)23(62)13(3-55)85-47/h13-52,55-59,62-80H,3-10H2,1-2H3,(H,53,60)(H,54,61)/t13-,14-,15-,16-,17-,18-,19-,20-,21-,22-,23-,24-,25-,26-,27-,28-,29-,30-,31+,32+,33+,34+,35+,36+,37+,38+,39+,40+,41-,42-,43+,44+,45-,46+,47+,48+,49+,50-,51-,52+/m1/s1. The van der Waals surface area contributed by atoms with Gasteiger partial charge in [0.2, 0.25) is 11.8 Å². The summed E-state index contributed by atoms with van der Waals surface area (Å²) < 4.78 is 85.9. The summed E-state index contributed by atoms with van der Waals surface area (Å²) in [6.07, 6.45) is -76.5. The van der Waals surface area contributed by atoms with Crippen LogP contribution in [0.25, 0.3) is 0 Å². The van der Waals surface area contributed by atoms with E-state index in [9.17, 15) is 132 Å². The first kappa shape index (κ1) is 78.1. The van der Waals surface area contributed by atoms with Crippen LogP contribution < -0.4 is 10.6 Å². The molecule has 43 nitrogen and oxygen atoms in total. The molecule has 8 saturated heterocycles. The molecule has 0 aromatic heterocycles. The van der Waals surface area contributed by atoms with E-state index in [-0.39, 0.29) is 0 Å². The molecule has 552 valence electrons. The molecule has 8 heterocycles. The third-order valence-corrected chi connectivity index (χ3v) is 17.4. The maximum Gasteiger partial charge on any atom is 0.217 e. The second kappa shape index (κ2) is 33.9. The van der Waals surface area contributed by atoms with E-state index in [0.717, 1.165) is 13.8 Å². The Labute approximate surface area is 536 Å². The number of ether oxygens (including phenoxy) is 15. The van der Waals surface area contributed by atoms with Crippen molar-refractivity contribution in [2.45, 2.75) is 259 Å². The zero-order chi connectivity index (χ0) is 69.9. The number of carbonyl (C=O) groups excluding carboxylic acids is 2. The van der Waals surface area contributed by atoms with Gasteiger partial charge in [-0.2, -0.15) is 0 Å². The van der Waals surface area contributed by atoms with E-state index in [1.54, 1.807) is 0 Å². The van der Waals surface area contributed by atoms with Crippen LogP contribution in [0.2, 0.25) is 0 Å². The predicted octanol–water partition coefficient (Wildman–Crippen LogP) is -18.2. The van der Waals surface area contributed by atoms with Gasteiger partial charge >= 0.3 is 0 Å². The van der Waals surface area contributed by atoms with Gasteiger partial charge in [-0.1, -0.05) is 0 Å². The fourth-order valence-electron chi connectivity index (χ4n) is 12.0. The largest absolute Gasteiger partial charge is 0.394 e. The Morgan fingerprint density at radius 3 is 0.937 bits per heavy atom. The molecule has 0 aromatic carbocycles. The van der Waals surface area contributed by atoms with Crippen molar-refractivity contribution in [2.75, 3.05) is 52.9 Å². The van der Waals surface area contributed by atoms with E-state index < -0.39 is 310 Å². The Hall–Kier alpha value is -2.62. The van der Waals surface area contributed by atoms with E-state index in [1.807, 2.05) is 0 Å². The molecule has 0 unspecified atom stereocenters. The number of rotatable bonds is 24. The van der Waals surface area contributed by atoms with Gasteiger partial charge in [0.05, 0.1) is 52.9 Å². The van der Waals surface area contributed by atoms with Gasteiger partial charge in [-0.25, -0.2) is 0 Å². The van der Waals surface area contributed by atoms with E-state index >= 15 is 0 Å². The van der Waals surface area contributed by atoms with Gasteiger partial charge in [-0.3, -0.25) is 9.59 Å². The zero-order valence-corrected chi connectivity index (χ0v) is 50.4. The lowest BCUT2D eigenvalue weighted by Crippen LogP contribution is -2.70. The van der Waals surface area contributed by atoms with Crippen LogP contribution in [-0.2, 0) is 80.6 Å². The number of hydrogen-bond donors (Lipinski definition) is 26. The minimum atomic E-state index is -2.39. The summed E-state index contributed by atoms with van der Waals surface area (Å²) in [5, 5.41) is 265. The zero-order valence-electron chi connectivity index (χ0n) is 50.4. The van der Waals surface area contributed by atoms with Crippen molar-refractivity contribution in [3.05, 3.63) is 0 Å². The average Bonchev–Trinajstić information content (AvgIpc) is 0.792. The molecule has 0 bridgehead atoms. The molecule has 0 spiro atoms. The highest BCUT2D eigenvalue weighted by molar-refractivity contribution is 5.73. The summed E-state index contributed by atoms with van der Waals surface area (Å²) in [5.41, 5.74) is 0. The van der Waals surface area contributed by atoms with E-state index in [2.05, 4.69) is 10.6 Å². The maximum atomic E-state index is 12.8. The second-order valence-electron chi connectivity index (χ2n) is 24.0. The molecule has 95 heavy (non-hydrogen) atoms. The molecule has 8 aliphatic heterocycles. The first-order valence-corrected chi connectivity index (χ1v) is 30.1. The topological polar surface area (TPSA) is 682 Å². The first-order valence-electron chi connectivity index (χ1n) is 30.1. The Kier molecular flexibility index (Phi) is 27.9. The van der Waals surface area contributed by atoms with Gasteiger partial charge in [0.25, 0.3) is 0 Å². The van der Waals surface area contributed by atoms with Crippen molar-refractivity contribution >= 4 is 11.8 Å². The third-order valence-electron chi connectivity index (χ3n) is 17.4. The molecule has 43 heteroatoms. The highest BCUT2D eigenvalue weighted by Gasteiger charge is 2.59. The summed E-state index contributed by atoms with van der Waals surface area (Å²) >= 11 is 0. The fraction of sp³-hybridized carbons (Fsp3) is 0.962. The van der Waals surface area contributed by atoms with Gasteiger partial charge < -0.3 is 204 Å². The molecule has 8 aliphatic rings. The van der Waals surface area contributed by atoms with Crippen molar-refractivity contribution in [3.8, 4) is 0 Å². The van der Waals surface area contributed by atoms with Gasteiger partial charge in [0.1, 0.15) is 195 Å². The average molecular weight is 1400 g/mol. The van der Waals surface area contributed by atoms with Gasteiger partial charge in [-0.05, 0) is 0 Å². The Balaban J connectivity index is 1.07. The molecule has 26 N–H and O–H groups in total. The number of carbonyl (C=O) groups is 2. The number of hydrogen-bond acceptors (Lipinski definition) is 41. The predicted molar refractivity (Wildman–Crippen MR) is 288 cm³/mol. The molecule has 0 aliphatic carbocycles. The lowest BCUT2D eigenvalue weighted by molar-refractivity contribution is -0.388. The molecule has 40 atom stereocenters. The van der Waals surface area contributed by atoms with Gasteiger partial charge in [0, 0.05) is 13.8 Å². The van der Waals surface area contributed by atoms with Crippen LogP contribution in [0.1, 0.15) is 13.8 Å². The Bertz CT molecular complexity index is 2380. The molecular formula is C52H88N2O41. The van der Waals surface area contributed by atoms with Crippen LogP contribution in [0.3, 0.4) is 0 Å². The van der Waals surface area contributed by atoms with Gasteiger partial charge in [0.15, 0.2) is 50.3 Å². The normalized spacial score (nSPS) is 50.8. The van der Waals surface area contributed by atoms with E-state index in [4.69, 9.17) is 71.1 Å². The van der Waals surface area contributed by atoms with Crippen LogP contribution in [0.4, 0.5) is 0 Å². The van der Waals surface area contributed by atoms with E-state index in [0.29, 0.717) is 0 Å². The monoisotopic (exact) mass is 1400 g/mol. The molecule has 0 saturated carbocycles. The first-order chi connectivity index (χ1) is 44.9. The van der Waals surface area contributed by atoms with E-state index in [1.165, 1.54) is 0 Å². The molecule has 0 aromatic rings. The number of amides is 2. The van der Waals surface area contributed by atoms with Gasteiger partial charge in [-0.15, -0.1) is 0 Å². The fourth-order valence-corrected chi connectivity index (χ4v) is 12.0. The molecule has 8 rings (SSSR count). The van der Waals surface area contributed by atoms with Crippen LogP contribution in [0.5, 0.6) is 0 Å². The number of nitrogens with one attached hydrogen (secondary N) is 2. The third kappa shape index (κ3) is 17.1. The lowest BCUT2D eigenvalue weighted by Gasteiger charge is -2.50. The summed E-state index contributed by atoms with van der Waals surface area (Å²) in [6.45, 7) is -5.88. The molecule has 8 fully saturated rings.